The number of hydrogen-bond donors (Lipinski definition) is 3. The second-order valence-corrected chi connectivity index (χ2v) is 4.95. The van der Waals surface area contributed by atoms with Crippen molar-refractivity contribution in [2.75, 3.05) is 11.1 Å². The van der Waals surface area contributed by atoms with Crippen molar-refractivity contribution in [1.82, 2.24) is 0 Å². The smallest absolute Gasteiger partial charge is 0.224 e. The number of thioether (sulfide) groups is 1. The van der Waals surface area contributed by atoms with Crippen LogP contribution in [0.15, 0.2) is 29.4 Å². The van der Waals surface area contributed by atoms with E-state index in [9.17, 15) is 4.79 Å². The maximum Gasteiger partial charge on any atom is 0.224 e. The summed E-state index contributed by atoms with van der Waals surface area (Å²) < 4.78 is 0. The Morgan fingerprint density at radius 1 is 1.50 bits per heavy atom. The van der Waals surface area contributed by atoms with E-state index in [1.807, 2.05) is 31.2 Å². The van der Waals surface area contributed by atoms with Crippen LogP contribution in [0.1, 0.15) is 18.4 Å². The molecule has 1 rings (SSSR count). The number of nitrogens with two attached hydrogens (primary N) is 2. The molecule has 0 bridgehead atoms. The third kappa shape index (κ3) is 5.58. The van der Waals surface area contributed by atoms with Crippen molar-refractivity contribution in [1.29, 1.82) is 0 Å². The highest BCUT2D eigenvalue weighted by atomic mass is 32.2. The SMILES string of the molecule is Cc1cccc(NC(=O)CCCSC(N)=NN)c1. The number of rotatable bonds is 5. The van der Waals surface area contributed by atoms with E-state index < -0.39 is 0 Å². The lowest BCUT2D eigenvalue weighted by atomic mass is 10.2. The first-order valence-corrected chi connectivity index (χ1v) is 6.63. The lowest BCUT2D eigenvalue weighted by Gasteiger charge is -2.05. The average molecular weight is 266 g/mol. The van der Waals surface area contributed by atoms with Crippen LogP contribution in [-0.2, 0) is 4.79 Å². The fourth-order valence-corrected chi connectivity index (χ4v) is 1.97. The standard InChI is InChI=1S/C12H18N4OS/c1-9-4-2-5-10(8-9)15-11(17)6-3-7-18-12(13)16-14/h2,4-5,8H,3,6-7,14H2,1H3,(H2,13,16)(H,15,17). The van der Waals surface area contributed by atoms with E-state index >= 15 is 0 Å². The zero-order valence-electron chi connectivity index (χ0n) is 10.3. The molecule has 0 atom stereocenters. The zero-order valence-corrected chi connectivity index (χ0v) is 11.2. The van der Waals surface area contributed by atoms with Gasteiger partial charge < -0.3 is 16.9 Å². The summed E-state index contributed by atoms with van der Waals surface area (Å²) in [6.45, 7) is 1.99. The Balaban J connectivity index is 2.26. The predicted octanol–water partition coefficient (Wildman–Crippen LogP) is 1.64. The summed E-state index contributed by atoms with van der Waals surface area (Å²) in [6.07, 6.45) is 1.19. The van der Waals surface area contributed by atoms with Crippen molar-refractivity contribution < 1.29 is 4.79 Å². The Bertz CT molecular complexity index is 434. The number of amides is 1. The highest BCUT2D eigenvalue weighted by Crippen LogP contribution is 2.11. The Morgan fingerprint density at radius 2 is 2.28 bits per heavy atom. The van der Waals surface area contributed by atoms with Crippen molar-refractivity contribution in [2.24, 2.45) is 16.7 Å². The summed E-state index contributed by atoms with van der Waals surface area (Å²) in [5, 5.41) is 6.53. The average Bonchev–Trinajstić information content (AvgIpc) is 2.34. The summed E-state index contributed by atoms with van der Waals surface area (Å²) in [4.78, 5) is 11.6. The topological polar surface area (TPSA) is 93.5 Å². The number of hydrazone groups is 1. The minimum absolute atomic E-state index is 0.00413. The third-order valence-corrected chi connectivity index (χ3v) is 3.12. The van der Waals surface area contributed by atoms with Gasteiger partial charge in [0.1, 0.15) is 0 Å². The van der Waals surface area contributed by atoms with Gasteiger partial charge in [0.15, 0.2) is 5.17 Å². The molecule has 0 aromatic heterocycles. The van der Waals surface area contributed by atoms with Crippen LogP contribution in [0, 0.1) is 6.92 Å². The van der Waals surface area contributed by atoms with Crippen LogP contribution in [0.5, 0.6) is 0 Å². The van der Waals surface area contributed by atoms with Crippen molar-refractivity contribution in [3.05, 3.63) is 29.8 Å². The molecular formula is C12H18N4OS. The van der Waals surface area contributed by atoms with E-state index in [2.05, 4.69) is 10.4 Å². The molecule has 18 heavy (non-hydrogen) atoms. The summed E-state index contributed by atoms with van der Waals surface area (Å²) in [6, 6.07) is 7.71. The lowest BCUT2D eigenvalue weighted by Crippen LogP contribution is -2.13. The molecule has 0 aliphatic rings. The summed E-state index contributed by atoms with van der Waals surface area (Å²) in [7, 11) is 0. The van der Waals surface area contributed by atoms with Crippen molar-refractivity contribution in [3.8, 4) is 0 Å². The summed E-state index contributed by atoms with van der Waals surface area (Å²) >= 11 is 1.35. The molecule has 98 valence electrons. The van der Waals surface area contributed by atoms with Gasteiger partial charge in [-0.05, 0) is 31.0 Å². The molecule has 0 radical (unpaired) electrons. The Morgan fingerprint density at radius 3 is 2.94 bits per heavy atom. The number of anilines is 1. The molecule has 0 spiro atoms. The monoisotopic (exact) mass is 266 g/mol. The first-order valence-electron chi connectivity index (χ1n) is 5.64. The first kappa shape index (κ1) is 14.4. The quantitative estimate of drug-likeness (QED) is 0.248. The number of amidine groups is 1. The van der Waals surface area contributed by atoms with Gasteiger partial charge in [-0.15, -0.1) is 0 Å². The molecule has 5 nitrogen and oxygen atoms in total. The van der Waals surface area contributed by atoms with Gasteiger partial charge in [0.05, 0.1) is 0 Å². The van der Waals surface area contributed by atoms with E-state index in [0.717, 1.165) is 23.4 Å². The lowest BCUT2D eigenvalue weighted by molar-refractivity contribution is -0.116. The van der Waals surface area contributed by atoms with E-state index in [-0.39, 0.29) is 5.91 Å². The number of carbonyl (C=O) groups excluding carboxylic acids is 1. The van der Waals surface area contributed by atoms with Gasteiger partial charge in [0.2, 0.25) is 5.91 Å². The molecule has 6 heteroatoms. The third-order valence-electron chi connectivity index (χ3n) is 2.23. The second kappa shape index (κ2) is 7.60. The van der Waals surface area contributed by atoms with Gasteiger partial charge in [0, 0.05) is 17.9 Å². The second-order valence-electron chi connectivity index (χ2n) is 3.84. The largest absolute Gasteiger partial charge is 0.377 e. The molecule has 0 unspecified atom stereocenters. The molecule has 1 amide bonds. The number of nitrogens with one attached hydrogen (secondary N) is 1. The molecule has 0 aliphatic carbocycles. The van der Waals surface area contributed by atoms with Gasteiger partial charge in [-0.2, -0.15) is 5.10 Å². The van der Waals surface area contributed by atoms with Crippen LogP contribution in [0.25, 0.3) is 0 Å². The van der Waals surface area contributed by atoms with Gasteiger partial charge in [-0.25, -0.2) is 0 Å². The van der Waals surface area contributed by atoms with E-state index in [0.29, 0.717) is 11.6 Å². The van der Waals surface area contributed by atoms with Gasteiger partial charge in [-0.1, -0.05) is 23.9 Å². The van der Waals surface area contributed by atoms with Crippen LogP contribution >= 0.6 is 11.8 Å². The highest BCUT2D eigenvalue weighted by Gasteiger charge is 2.03. The van der Waals surface area contributed by atoms with Gasteiger partial charge >= 0.3 is 0 Å². The molecule has 0 aliphatic heterocycles. The fourth-order valence-electron chi connectivity index (χ4n) is 1.39. The fraction of sp³-hybridized carbons (Fsp3) is 0.333. The molecule has 0 saturated heterocycles. The first-order chi connectivity index (χ1) is 8.61. The minimum atomic E-state index is 0.00413. The molecule has 5 N–H and O–H groups in total. The number of aryl methyl sites for hydroxylation is 1. The number of carbonyl (C=O) groups is 1. The molecule has 1 aromatic rings. The summed E-state index contributed by atoms with van der Waals surface area (Å²) in [5.74, 6) is 5.73. The highest BCUT2D eigenvalue weighted by molar-refractivity contribution is 8.13. The summed E-state index contributed by atoms with van der Waals surface area (Å²) in [5.41, 5.74) is 7.37. The van der Waals surface area contributed by atoms with E-state index in [4.69, 9.17) is 11.6 Å². The zero-order chi connectivity index (χ0) is 13.4. The Kier molecular flexibility index (Phi) is 6.07. The van der Waals surface area contributed by atoms with Crippen LogP contribution in [0.2, 0.25) is 0 Å². The van der Waals surface area contributed by atoms with Crippen molar-refractivity contribution >= 4 is 28.5 Å². The Labute approximate surface area is 111 Å². The number of hydrogen-bond acceptors (Lipinski definition) is 4. The van der Waals surface area contributed by atoms with Crippen LogP contribution < -0.4 is 16.9 Å². The van der Waals surface area contributed by atoms with Crippen molar-refractivity contribution in [2.45, 2.75) is 19.8 Å². The molecule has 0 fully saturated rings. The van der Waals surface area contributed by atoms with E-state index in [1.165, 1.54) is 11.8 Å². The minimum Gasteiger partial charge on any atom is -0.377 e. The molecule has 0 heterocycles. The molecular weight excluding hydrogens is 248 g/mol. The number of benzene rings is 1. The normalized spacial score (nSPS) is 11.3. The maximum absolute atomic E-state index is 11.6. The van der Waals surface area contributed by atoms with Crippen LogP contribution in [0.3, 0.4) is 0 Å². The molecule has 0 saturated carbocycles. The van der Waals surface area contributed by atoms with Crippen LogP contribution in [-0.4, -0.2) is 16.8 Å². The van der Waals surface area contributed by atoms with Crippen molar-refractivity contribution in [3.63, 3.8) is 0 Å². The van der Waals surface area contributed by atoms with E-state index in [1.54, 1.807) is 0 Å². The van der Waals surface area contributed by atoms with Gasteiger partial charge in [0.25, 0.3) is 0 Å². The Hall–Kier alpha value is -1.69. The van der Waals surface area contributed by atoms with Crippen LogP contribution in [0.4, 0.5) is 5.69 Å². The maximum atomic E-state index is 11.6. The molecule has 1 aromatic carbocycles. The van der Waals surface area contributed by atoms with Gasteiger partial charge in [-0.3, -0.25) is 4.79 Å². The predicted molar refractivity (Wildman–Crippen MR) is 77.3 cm³/mol. The number of nitrogens with zero attached hydrogens (tertiary/aromatic N) is 1.